The van der Waals surface area contributed by atoms with Gasteiger partial charge in [0.25, 0.3) is 0 Å². The summed E-state index contributed by atoms with van der Waals surface area (Å²) in [5.41, 5.74) is 0. The van der Waals surface area contributed by atoms with Crippen molar-refractivity contribution in [3.63, 3.8) is 0 Å². The lowest BCUT2D eigenvalue weighted by Crippen LogP contribution is -1.96. The van der Waals surface area contributed by atoms with Gasteiger partial charge in [0.2, 0.25) is 0 Å². The molecular formula is C11H26OSi. The highest BCUT2D eigenvalue weighted by Crippen LogP contribution is 2.08. The van der Waals surface area contributed by atoms with Crippen LogP contribution in [0.5, 0.6) is 0 Å². The van der Waals surface area contributed by atoms with Gasteiger partial charge in [0.15, 0.2) is 9.76 Å². The Labute approximate surface area is 86.2 Å². The van der Waals surface area contributed by atoms with Crippen molar-refractivity contribution in [2.75, 3.05) is 6.61 Å². The van der Waals surface area contributed by atoms with E-state index in [9.17, 15) is 0 Å². The molecule has 0 saturated heterocycles. The Bertz CT molecular complexity index is 76.2. The lowest BCUT2D eigenvalue weighted by atomic mass is 10.1. The summed E-state index contributed by atoms with van der Waals surface area (Å²) in [6.07, 6.45) is 9.97. The lowest BCUT2D eigenvalue weighted by Gasteiger charge is -2.01. The summed E-state index contributed by atoms with van der Waals surface area (Å²) < 4.78 is 5.42. The van der Waals surface area contributed by atoms with Gasteiger partial charge in [0.1, 0.15) is 0 Å². The maximum atomic E-state index is 5.42. The van der Waals surface area contributed by atoms with Crippen molar-refractivity contribution < 1.29 is 4.43 Å². The molecule has 0 heterocycles. The number of hydrogen-bond acceptors (Lipinski definition) is 1. The normalized spacial score (nSPS) is 11.5. The van der Waals surface area contributed by atoms with Crippen LogP contribution in [0.4, 0.5) is 0 Å². The summed E-state index contributed by atoms with van der Waals surface area (Å²) in [5, 5.41) is 0. The van der Waals surface area contributed by atoms with E-state index in [4.69, 9.17) is 4.43 Å². The van der Waals surface area contributed by atoms with Crippen LogP contribution in [0, 0.1) is 0 Å². The van der Waals surface area contributed by atoms with Crippen LogP contribution in [0.1, 0.15) is 58.8 Å². The molecule has 0 aliphatic heterocycles. The van der Waals surface area contributed by atoms with Gasteiger partial charge in [-0.15, -0.1) is 0 Å². The van der Waals surface area contributed by atoms with Gasteiger partial charge in [0.05, 0.1) is 0 Å². The molecule has 0 aliphatic carbocycles. The number of rotatable bonds is 10. The first kappa shape index (κ1) is 13.2. The Hall–Kier alpha value is 0.177. The minimum atomic E-state index is -0.133. The standard InChI is InChI=1S/C11H26OSi/c1-3-5-6-7-8-9-10-11-13-12-4-2/h3-11,13H2,1-2H3. The van der Waals surface area contributed by atoms with E-state index in [1.54, 1.807) is 0 Å². The predicted molar refractivity (Wildman–Crippen MR) is 63.0 cm³/mol. The van der Waals surface area contributed by atoms with E-state index in [1.165, 1.54) is 51.0 Å². The molecule has 0 N–H and O–H groups in total. The first-order valence-corrected chi connectivity index (χ1v) is 7.57. The van der Waals surface area contributed by atoms with E-state index in [-0.39, 0.29) is 9.76 Å². The summed E-state index contributed by atoms with van der Waals surface area (Å²) >= 11 is 0. The highest BCUT2D eigenvalue weighted by atomic mass is 28.2. The van der Waals surface area contributed by atoms with Crippen molar-refractivity contribution in [2.45, 2.75) is 64.8 Å². The zero-order valence-electron chi connectivity index (χ0n) is 9.48. The van der Waals surface area contributed by atoms with Gasteiger partial charge >= 0.3 is 0 Å². The maximum Gasteiger partial charge on any atom is 0.161 e. The van der Waals surface area contributed by atoms with Crippen LogP contribution in [0.25, 0.3) is 0 Å². The molecule has 1 nitrogen and oxygen atoms in total. The number of hydrogen-bond donors (Lipinski definition) is 0. The van der Waals surface area contributed by atoms with Crippen LogP contribution in [0.15, 0.2) is 0 Å². The fourth-order valence-electron chi connectivity index (χ4n) is 1.48. The van der Waals surface area contributed by atoms with Crippen molar-refractivity contribution in [1.82, 2.24) is 0 Å². The van der Waals surface area contributed by atoms with E-state index < -0.39 is 0 Å². The zero-order chi connectivity index (χ0) is 9.78. The molecule has 0 aromatic rings. The third kappa shape index (κ3) is 12.2. The van der Waals surface area contributed by atoms with E-state index in [2.05, 4.69) is 13.8 Å². The third-order valence-electron chi connectivity index (χ3n) is 2.35. The van der Waals surface area contributed by atoms with Gasteiger partial charge in [-0.1, -0.05) is 51.9 Å². The van der Waals surface area contributed by atoms with Crippen molar-refractivity contribution in [2.24, 2.45) is 0 Å². The van der Waals surface area contributed by atoms with Crippen molar-refractivity contribution in [1.29, 1.82) is 0 Å². The van der Waals surface area contributed by atoms with Gasteiger partial charge in [-0.3, -0.25) is 0 Å². The lowest BCUT2D eigenvalue weighted by molar-refractivity contribution is 0.358. The van der Waals surface area contributed by atoms with Crippen molar-refractivity contribution in [3.05, 3.63) is 0 Å². The van der Waals surface area contributed by atoms with Crippen molar-refractivity contribution in [3.8, 4) is 0 Å². The second kappa shape index (κ2) is 12.2. The summed E-state index contributed by atoms with van der Waals surface area (Å²) in [7, 11) is -0.133. The molecule has 0 atom stereocenters. The van der Waals surface area contributed by atoms with Crippen LogP contribution in [0.2, 0.25) is 6.04 Å². The molecule has 0 radical (unpaired) electrons. The first-order chi connectivity index (χ1) is 6.41. The van der Waals surface area contributed by atoms with Crippen LogP contribution < -0.4 is 0 Å². The summed E-state index contributed by atoms with van der Waals surface area (Å²) in [6.45, 7) is 5.30. The first-order valence-electron chi connectivity index (χ1n) is 5.99. The average molecular weight is 202 g/mol. The van der Waals surface area contributed by atoms with Crippen molar-refractivity contribution >= 4 is 9.76 Å². The molecular weight excluding hydrogens is 176 g/mol. The quantitative estimate of drug-likeness (QED) is 0.390. The maximum absolute atomic E-state index is 5.42. The molecule has 80 valence electrons. The minimum absolute atomic E-state index is 0.133. The number of unbranched alkanes of at least 4 members (excludes halogenated alkanes) is 6. The van der Waals surface area contributed by atoms with Gasteiger partial charge in [0, 0.05) is 6.61 Å². The van der Waals surface area contributed by atoms with E-state index >= 15 is 0 Å². The van der Waals surface area contributed by atoms with Gasteiger partial charge < -0.3 is 4.43 Å². The van der Waals surface area contributed by atoms with Crippen LogP contribution in [0.3, 0.4) is 0 Å². The molecule has 0 aliphatic rings. The molecule has 2 heteroatoms. The Balaban J connectivity index is 2.76. The minimum Gasteiger partial charge on any atom is -0.424 e. The Morgan fingerprint density at radius 1 is 0.846 bits per heavy atom. The summed E-state index contributed by atoms with van der Waals surface area (Å²) in [5.74, 6) is 0. The van der Waals surface area contributed by atoms with Gasteiger partial charge in [-0.05, 0) is 13.0 Å². The largest absolute Gasteiger partial charge is 0.424 e. The Morgan fingerprint density at radius 3 is 2.08 bits per heavy atom. The van der Waals surface area contributed by atoms with E-state index in [1.807, 2.05) is 0 Å². The fourth-order valence-corrected chi connectivity index (χ4v) is 2.53. The molecule has 0 amide bonds. The van der Waals surface area contributed by atoms with E-state index in [0.29, 0.717) is 0 Å². The molecule has 0 rings (SSSR count). The molecule has 0 spiro atoms. The van der Waals surface area contributed by atoms with Crippen LogP contribution in [-0.2, 0) is 4.43 Å². The highest BCUT2D eigenvalue weighted by molar-refractivity contribution is 6.26. The van der Waals surface area contributed by atoms with Gasteiger partial charge in [-0.2, -0.15) is 0 Å². The van der Waals surface area contributed by atoms with Crippen LogP contribution >= 0.6 is 0 Å². The van der Waals surface area contributed by atoms with E-state index in [0.717, 1.165) is 6.61 Å². The topological polar surface area (TPSA) is 9.23 Å². The molecule has 0 saturated carbocycles. The molecule has 0 aromatic carbocycles. The molecule has 0 aromatic heterocycles. The molecule has 0 fully saturated rings. The average Bonchev–Trinajstić information content (AvgIpc) is 2.16. The Morgan fingerprint density at radius 2 is 1.46 bits per heavy atom. The zero-order valence-corrected chi connectivity index (χ0v) is 10.9. The highest BCUT2D eigenvalue weighted by Gasteiger charge is 1.91. The summed E-state index contributed by atoms with van der Waals surface area (Å²) in [4.78, 5) is 0. The second-order valence-corrected chi connectivity index (χ2v) is 5.20. The van der Waals surface area contributed by atoms with Crippen LogP contribution in [-0.4, -0.2) is 16.4 Å². The third-order valence-corrected chi connectivity index (χ3v) is 3.83. The monoisotopic (exact) mass is 202 g/mol. The molecule has 0 bridgehead atoms. The van der Waals surface area contributed by atoms with Gasteiger partial charge in [-0.25, -0.2) is 0 Å². The smallest absolute Gasteiger partial charge is 0.161 e. The molecule has 13 heavy (non-hydrogen) atoms. The summed E-state index contributed by atoms with van der Waals surface area (Å²) in [6, 6.07) is 1.39. The second-order valence-electron chi connectivity index (χ2n) is 3.67. The fraction of sp³-hybridized carbons (Fsp3) is 1.00. The molecule has 0 unspecified atom stereocenters. The predicted octanol–water partition coefficient (Wildman–Crippen LogP) is 3.28. The SMILES string of the molecule is CCCCCCCCC[SiH2]OCC. The Kier molecular flexibility index (Phi) is 12.3.